The monoisotopic (exact) mass is 679 g/mol. The standard InChI is InChI=1S/C48H33N5/c1-31-13-9-11-19-38(31)36-22-25-43-40(28-36)41-29-37(39-20-12-10-14-32(39)2)23-26-44(41)53(43)45-24-21-33(30-49)27-42(45)48-51-46(34-15-5-3-6-16-34)50-47(52-48)35-17-7-4-8-18-35/h3-29H,1-2H3. The Kier molecular flexibility index (Phi) is 7.91. The molecule has 0 saturated carbocycles. The number of aromatic nitrogens is 4. The van der Waals surface area contributed by atoms with Crippen LogP contribution >= 0.6 is 0 Å². The average molecular weight is 680 g/mol. The van der Waals surface area contributed by atoms with Crippen molar-refractivity contribution in [3.8, 4) is 68.2 Å². The molecule has 7 aromatic carbocycles. The molecule has 0 spiro atoms. The lowest BCUT2D eigenvalue weighted by Gasteiger charge is -2.15. The zero-order valence-corrected chi connectivity index (χ0v) is 29.3. The number of nitriles is 1. The molecule has 5 heteroatoms. The van der Waals surface area contributed by atoms with Gasteiger partial charge in [-0.15, -0.1) is 0 Å². The summed E-state index contributed by atoms with van der Waals surface area (Å²) < 4.78 is 2.29. The molecule has 53 heavy (non-hydrogen) atoms. The summed E-state index contributed by atoms with van der Waals surface area (Å²) in [7, 11) is 0. The fourth-order valence-electron chi connectivity index (χ4n) is 7.32. The van der Waals surface area contributed by atoms with E-state index in [9.17, 15) is 5.26 Å². The van der Waals surface area contributed by atoms with Gasteiger partial charge in [0.05, 0.1) is 28.4 Å². The highest BCUT2D eigenvalue weighted by molar-refractivity contribution is 6.12. The quantitative estimate of drug-likeness (QED) is 0.175. The van der Waals surface area contributed by atoms with Crippen molar-refractivity contribution in [1.82, 2.24) is 19.5 Å². The Bertz CT molecular complexity index is 2700. The van der Waals surface area contributed by atoms with Gasteiger partial charge < -0.3 is 4.57 Å². The van der Waals surface area contributed by atoms with Crippen molar-refractivity contribution in [2.75, 3.05) is 0 Å². The molecule has 0 N–H and O–H groups in total. The van der Waals surface area contributed by atoms with Crippen LogP contribution in [0.5, 0.6) is 0 Å². The molecule has 250 valence electrons. The van der Waals surface area contributed by atoms with Crippen LogP contribution < -0.4 is 0 Å². The Morgan fingerprint density at radius 2 is 0.906 bits per heavy atom. The highest BCUT2D eigenvalue weighted by Crippen LogP contribution is 2.40. The molecular weight excluding hydrogens is 647 g/mol. The number of aryl methyl sites for hydroxylation is 2. The molecule has 9 aromatic rings. The van der Waals surface area contributed by atoms with Gasteiger partial charge in [0.15, 0.2) is 17.5 Å². The molecule has 0 amide bonds. The van der Waals surface area contributed by atoms with Gasteiger partial charge in [-0.1, -0.05) is 121 Å². The van der Waals surface area contributed by atoms with E-state index in [-0.39, 0.29) is 0 Å². The van der Waals surface area contributed by atoms with Gasteiger partial charge in [0.1, 0.15) is 0 Å². The van der Waals surface area contributed by atoms with Gasteiger partial charge in [-0.25, -0.2) is 15.0 Å². The predicted molar refractivity (Wildman–Crippen MR) is 216 cm³/mol. The van der Waals surface area contributed by atoms with Gasteiger partial charge in [-0.05, 0) is 89.7 Å². The Morgan fingerprint density at radius 1 is 0.434 bits per heavy atom. The SMILES string of the molecule is Cc1ccccc1-c1ccc2c(c1)c1cc(-c3ccccc3C)ccc1n2-c1ccc(C#N)cc1-c1nc(-c2ccccc2)nc(-c2ccccc2)n1. The van der Waals surface area contributed by atoms with Crippen LogP contribution in [-0.4, -0.2) is 19.5 Å². The number of hydrogen-bond donors (Lipinski definition) is 0. The predicted octanol–water partition coefficient (Wildman–Crippen LogP) is 11.8. The van der Waals surface area contributed by atoms with Crippen LogP contribution in [0, 0.1) is 25.2 Å². The Morgan fingerprint density at radius 3 is 1.40 bits per heavy atom. The third kappa shape index (κ3) is 5.73. The molecule has 0 aliphatic rings. The van der Waals surface area contributed by atoms with E-state index >= 15 is 0 Å². The molecule has 0 fully saturated rings. The summed E-state index contributed by atoms with van der Waals surface area (Å²) in [6, 6.07) is 58.6. The maximum absolute atomic E-state index is 10.2. The Balaban J connectivity index is 1.34. The number of benzene rings is 7. The first-order valence-corrected chi connectivity index (χ1v) is 17.7. The van der Waals surface area contributed by atoms with E-state index < -0.39 is 0 Å². The average Bonchev–Trinajstić information content (AvgIpc) is 3.54. The van der Waals surface area contributed by atoms with Crippen molar-refractivity contribution in [2.24, 2.45) is 0 Å². The minimum absolute atomic E-state index is 0.493. The van der Waals surface area contributed by atoms with Gasteiger partial charge in [-0.2, -0.15) is 5.26 Å². The molecule has 2 heterocycles. The number of hydrogen-bond acceptors (Lipinski definition) is 4. The van der Waals surface area contributed by atoms with Crippen LogP contribution in [0.25, 0.3) is 83.9 Å². The van der Waals surface area contributed by atoms with Gasteiger partial charge in [0.25, 0.3) is 0 Å². The zero-order valence-electron chi connectivity index (χ0n) is 29.3. The first-order valence-electron chi connectivity index (χ1n) is 17.7. The van der Waals surface area contributed by atoms with E-state index in [4.69, 9.17) is 15.0 Å². The van der Waals surface area contributed by atoms with Gasteiger partial charge in [-0.3, -0.25) is 0 Å². The second-order valence-corrected chi connectivity index (χ2v) is 13.3. The van der Waals surface area contributed by atoms with Crippen LogP contribution in [0.15, 0.2) is 164 Å². The van der Waals surface area contributed by atoms with Crippen molar-refractivity contribution in [2.45, 2.75) is 13.8 Å². The molecular formula is C48H33N5. The fourth-order valence-corrected chi connectivity index (χ4v) is 7.32. The first-order chi connectivity index (χ1) is 26.1. The highest BCUT2D eigenvalue weighted by Gasteiger charge is 2.21. The molecule has 2 aromatic heterocycles. The summed E-state index contributed by atoms with van der Waals surface area (Å²) in [5.41, 5.74) is 13.2. The molecule has 0 radical (unpaired) electrons. The summed E-state index contributed by atoms with van der Waals surface area (Å²) >= 11 is 0. The number of rotatable bonds is 6. The molecule has 0 aliphatic carbocycles. The van der Waals surface area contributed by atoms with Crippen molar-refractivity contribution < 1.29 is 0 Å². The van der Waals surface area contributed by atoms with Gasteiger partial charge >= 0.3 is 0 Å². The second-order valence-electron chi connectivity index (χ2n) is 13.3. The largest absolute Gasteiger partial charge is 0.308 e. The van der Waals surface area contributed by atoms with E-state index in [0.717, 1.165) is 55.3 Å². The molecule has 9 rings (SSSR count). The van der Waals surface area contributed by atoms with Crippen molar-refractivity contribution in [3.05, 3.63) is 180 Å². The smallest absolute Gasteiger partial charge is 0.166 e. The molecule has 0 bridgehead atoms. The normalized spacial score (nSPS) is 11.2. The van der Waals surface area contributed by atoms with Crippen molar-refractivity contribution in [3.63, 3.8) is 0 Å². The van der Waals surface area contributed by atoms with Crippen LogP contribution in [-0.2, 0) is 0 Å². The topological polar surface area (TPSA) is 67.4 Å². The third-order valence-electron chi connectivity index (χ3n) is 9.98. The van der Waals surface area contributed by atoms with E-state index in [2.05, 4.69) is 109 Å². The molecule has 5 nitrogen and oxygen atoms in total. The first kappa shape index (κ1) is 31.8. The second kappa shape index (κ2) is 13.2. The summed E-state index contributed by atoms with van der Waals surface area (Å²) in [6.07, 6.45) is 0. The maximum Gasteiger partial charge on any atom is 0.166 e. The number of fused-ring (bicyclic) bond motifs is 3. The summed E-state index contributed by atoms with van der Waals surface area (Å²) in [4.78, 5) is 15.1. The van der Waals surface area contributed by atoms with Crippen LogP contribution in [0.3, 0.4) is 0 Å². The van der Waals surface area contributed by atoms with E-state index in [1.54, 1.807) is 0 Å². The van der Waals surface area contributed by atoms with E-state index in [1.807, 2.05) is 78.9 Å². The molecule has 0 unspecified atom stereocenters. The maximum atomic E-state index is 10.2. The lowest BCUT2D eigenvalue weighted by atomic mass is 9.97. The van der Waals surface area contributed by atoms with Crippen LogP contribution in [0.2, 0.25) is 0 Å². The third-order valence-corrected chi connectivity index (χ3v) is 9.98. The van der Waals surface area contributed by atoms with E-state index in [1.165, 1.54) is 22.3 Å². The van der Waals surface area contributed by atoms with Gasteiger partial charge in [0.2, 0.25) is 0 Å². The summed E-state index contributed by atoms with van der Waals surface area (Å²) in [5, 5.41) is 12.4. The van der Waals surface area contributed by atoms with Crippen LogP contribution in [0.1, 0.15) is 16.7 Å². The molecule has 0 saturated heterocycles. The molecule has 0 atom stereocenters. The Hall–Kier alpha value is -7.16. The lowest BCUT2D eigenvalue weighted by Crippen LogP contribution is -2.04. The van der Waals surface area contributed by atoms with Gasteiger partial charge in [0, 0.05) is 27.5 Å². The fraction of sp³-hybridized carbons (Fsp3) is 0.0417. The van der Waals surface area contributed by atoms with E-state index in [0.29, 0.717) is 23.0 Å². The van der Waals surface area contributed by atoms with Crippen molar-refractivity contribution >= 4 is 21.8 Å². The highest BCUT2D eigenvalue weighted by atomic mass is 15.1. The summed E-state index contributed by atoms with van der Waals surface area (Å²) in [5.74, 6) is 1.62. The minimum atomic E-state index is 0.493. The lowest BCUT2D eigenvalue weighted by molar-refractivity contribution is 1.06. The van der Waals surface area contributed by atoms with Crippen molar-refractivity contribution in [1.29, 1.82) is 5.26 Å². The minimum Gasteiger partial charge on any atom is -0.308 e. The Labute approximate surface area is 308 Å². The van der Waals surface area contributed by atoms with Crippen LogP contribution in [0.4, 0.5) is 0 Å². The zero-order chi connectivity index (χ0) is 35.9. The summed E-state index contributed by atoms with van der Waals surface area (Å²) in [6.45, 7) is 4.31. The molecule has 0 aliphatic heterocycles. The number of nitrogens with zero attached hydrogens (tertiary/aromatic N) is 5.